The molecule has 5 nitrogen and oxygen atoms in total. The van der Waals surface area contributed by atoms with Gasteiger partial charge in [-0.2, -0.15) is 0 Å². The van der Waals surface area contributed by atoms with E-state index >= 15 is 0 Å². The molecule has 1 aromatic carbocycles. The van der Waals surface area contributed by atoms with Crippen molar-refractivity contribution in [3.05, 3.63) is 29.0 Å². The van der Waals surface area contributed by atoms with Crippen LogP contribution in [0.4, 0.5) is 0 Å². The molecule has 0 spiro atoms. The van der Waals surface area contributed by atoms with Crippen LogP contribution in [0.25, 0.3) is 5.57 Å². The van der Waals surface area contributed by atoms with E-state index in [1.54, 1.807) is 21.3 Å². The molecule has 34 heavy (non-hydrogen) atoms. The summed E-state index contributed by atoms with van der Waals surface area (Å²) in [7, 11) is 2.57. The molecular weight excluding hydrogens is 442 g/mol. The van der Waals surface area contributed by atoms with Crippen LogP contribution in [0.5, 0.6) is 11.5 Å². The van der Waals surface area contributed by atoms with Crippen molar-refractivity contribution in [2.45, 2.75) is 97.0 Å². The highest BCUT2D eigenvalue weighted by atomic mass is 28.3. The van der Waals surface area contributed by atoms with Crippen molar-refractivity contribution in [2.75, 3.05) is 21.3 Å². The number of hydrogen-bond donors (Lipinski definition) is 0. The second kappa shape index (κ2) is 9.98. The quantitative estimate of drug-likeness (QED) is 0.374. The summed E-state index contributed by atoms with van der Waals surface area (Å²) in [4.78, 5) is 19.5. The minimum Gasteiger partial charge on any atom is -0.497 e. The number of benzene rings is 1. The average Bonchev–Trinajstić information content (AvgIpc) is 2.94. The second-order valence-electron chi connectivity index (χ2n) is 11.4. The molecular formula is C28H45NO4Si. The van der Waals surface area contributed by atoms with E-state index in [9.17, 15) is 4.79 Å². The third kappa shape index (κ3) is 4.63. The number of Topliss-reactive ketones (excluding diaryl/α,β-unsaturated/α-hetero) is 1. The van der Waals surface area contributed by atoms with Crippen LogP contribution in [0, 0.1) is 0 Å². The Morgan fingerprint density at radius 1 is 0.853 bits per heavy atom. The molecule has 0 saturated heterocycles. The number of carbonyl (C=O) groups is 1. The third-order valence-electron chi connectivity index (χ3n) is 7.42. The molecule has 6 heteroatoms. The summed E-state index contributed by atoms with van der Waals surface area (Å²) in [5.41, 5.74) is 1.96. The average molecular weight is 488 g/mol. The van der Waals surface area contributed by atoms with E-state index in [0.29, 0.717) is 33.8 Å². The van der Waals surface area contributed by atoms with Crippen molar-refractivity contribution in [3.63, 3.8) is 0 Å². The third-order valence-corrected chi connectivity index (χ3v) is 14.5. The van der Waals surface area contributed by atoms with Gasteiger partial charge in [0.1, 0.15) is 22.8 Å². The van der Waals surface area contributed by atoms with E-state index in [2.05, 4.69) is 41.5 Å². The van der Waals surface area contributed by atoms with Gasteiger partial charge in [0.2, 0.25) is 5.78 Å². The van der Waals surface area contributed by atoms with E-state index in [4.69, 9.17) is 19.2 Å². The summed E-state index contributed by atoms with van der Waals surface area (Å²) in [5, 5.41) is 0.940. The minimum atomic E-state index is -2.39. The van der Waals surface area contributed by atoms with Gasteiger partial charge in [0.15, 0.2) is 0 Å². The molecule has 0 bridgehead atoms. The SMILES string of the molecule is COc1cc(OC)cc(C2=C([Si](C(C)C)(C(C)C)C(C)C)C(=O)C(=NC(C)(C)C)C2(C)OC)c1. The molecule has 0 aliphatic heterocycles. The van der Waals surface area contributed by atoms with Crippen molar-refractivity contribution in [1.82, 2.24) is 0 Å². The van der Waals surface area contributed by atoms with Crippen LogP contribution in [0.1, 0.15) is 74.8 Å². The number of methoxy groups -OCH3 is 3. The fourth-order valence-corrected chi connectivity index (χ4v) is 13.2. The predicted octanol–water partition coefficient (Wildman–Crippen LogP) is 6.90. The number of ketones is 1. The number of carbonyl (C=O) groups excluding carboxylic acids is 1. The predicted molar refractivity (Wildman–Crippen MR) is 145 cm³/mol. The van der Waals surface area contributed by atoms with Crippen molar-refractivity contribution in [3.8, 4) is 11.5 Å². The fraction of sp³-hybridized carbons (Fsp3) is 0.643. The summed E-state index contributed by atoms with van der Waals surface area (Å²) in [6.07, 6.45) is 0. The Hall–Kier alpha value is -1.92. The lowest BCUT2D eigenvalue weighted by Crippen LogP contribution is -2.49. The first-order chi connectivity index (χ1) is 15.6. The van der Waals surface area contributed by atoms with Gasteiger partial charge in [-0.25, -0.2) is 0 Å². The summed E-state index contributed by atoms with van der Waals surface area (Å²) >= 11 is 0. The highest BCUT2D eigenvalue weighted by molar-refractivity contribution is 6.98. The van der Waals surface area contributed by atoms with Gasteiger partial charge < -0.3 is 14.2 Å². The Balaban J connectivity index is 3.18. The number of allylic oxidation sites excluding steroid dienone is 1. The molecule has 1 aliphatic rings. The molecule has 1 aliphatic carbocycles. The molecule has 0 aromatic heterocycles. The number of hydrogen-bond acceptors (Lipinski definition) is 5. The lowest BCUT2D eigenvalue weighted by molar-refractivity contribution is -0.109. The Labute approximate surface area is 208 Å². The summed E-state index contributed by atoms with van der Waals surface area (Å²) in [6.45, 7) is 21.7. The molecule has 0 amide bonds. The molecule has 0 heterocycles. The maximum absolute atomic E-state index is 14.5. The highest BCUT2D eigenvalue weighted by Gasteiger charge is 2.59. The van der Waals surface area contributed by atoms with Crippen molar-refractivity contribution in [2.24, 2.45) is 4.99 Å². The molecule has 0 fully saturated rings. The molecule has 190 valence electrons. The maximum Gasteiger partial charge on any atom is 0.202 e. The van der Waals surface area contributed by atoms with Crippen molar-refractivity contribution in [1.29, 1.82) is 0 Å². The maximum atomic E-state index is 14.5. The molecule has 0 saturated carbocycles. The first-order valence-corrected chi connectivity index (χ1v) is 14.5. The van der Waals surface area contributed by atoms with Gasteiger partial charge in [-0.15, -0.1) is 0 Å². The smallest absolute Gasteiger partial charge is 0.202 e. The molecule has 0 N–H and O–H groups in total. The van der Waals surface area contributed by atoms with Gasteiger partial charge in [-0.3, -0.25) is 9.79 Å². The minimum absolute atomic E-state index is 0.0406. The molecule has 2 rings (SSSR count). The zero-order valence-corrected chi connectivity index (χ0v) is 24.5. The fourth-order valence-electron chi connectivity index (χ4n) is 6.15. The van der Waals surface area contributed by atoms with Crippen molar-refractivity contribution < 1.29 is 19.0 Å². The number of nitrogens with zero attached hydrogens (tertiary/aromatic N) is 1. The van der Waals surface area contributed by atoms with Crippen LogP contribution in [0.15, 0.2) is 28.4 Å². The van der Waals surface area contributed by atoms with Gasteiger partial charge in [0.25, 0.3) is 0 Å². The number of aliphatic imine (C=N–C) groups is 1. The summed E-state index contributed by atoms with van der Waals surface area (Å²) in [6, 6.07) is 5.83. The zero-order chi connectivity index (χ0) is 26.2. The van der Waals surface area contributed by atoms with Crippen molar-refractivity contribution >= 4 is 25.1 Å². The Morgan fingerprint density at radius 3 is 1.62 bits per heavy atom. The molecule has 1 aromatic rings. The molecule has 1 unspecified atom stereocenters. The first-order valence-electron chi connectivity index (χ1n) is 12.3. The van der Waals surface area contributed by atoms with Gasteiger partial charge in [-0.1, -0.05) is 41.5 Å². The van der Waals surface area contributed by atoms with Crippen LogP contribution in [-0.2, 0) is 9.53 Å². The van der Waals surface area contributed by atoms with Crippen LogP contribution < -0.4 is 9.47 Å². The lowest BCUT2D eigenvalue weighted by atomic mass is 9.89. The second-order valence-corrected chi connectivity index (χ2v) is 17.3. The molecule has 1 atom stereocenters. The topological polar surface area (TPSA) is 57.1 Å². The summed E-state index contributed by atoms with van der Waals surface area (Å²) < 4.78 is 17.5. The van der Waals surface area contributed by atoms with Gasteiger partial charge in [0.05, 0.1) is 27.8 Å². The van der Waals surface area contributed by atoms with Gasteiger partial charge >= 0.3 is 0 Å². The normalized spacial score (nSPS) is 20.9. The Morgan fingerprint density at radius 2 is 1.29 bits per heavy atom. The number of ether oxygens (including phenoxy) is 3. The summed E-state index contributed by atoms with van der Waals surface area (Å²) in [5.74, 6) is 1.40. The highest BCUT2D eigenvalue weighted by Crippen LogP contribution is 2.55. The van der Waals surface area contributed by atoms with Gasteiger partial charge in [0, 0.05) is 18.7 Å². The van der Waals surface area contributed by atoms with E-state index in [1.807, 2.05) is 45.9 Å². The van der Waals surface area contributed by atoms with Crippen LogP contribution in [0.3, 0.4) is 0 Å². The van der Waals surface area contributed by atoms with E-state index in [1.165, 1.54) is 0 Å². The standard InChI is InChI=1S/C28H45NO4Si/c1-17(2)34(18(3)4,19(5)6)25-23(20-14-21(31-11)16-22(15-20)32-12)28(10,33-13)26(24(25)30)29-27(7,8)9/h14-19H,1-13H3. The van der Waals surface area contributed by atoms with E-state index in [0.717, 1.165) is 16.3 Å². The van der Waals surface area contributed by atoms with Gasteiger partial charge in [-0.05, 0) is 67.2 Å². The molecule has 0 radical (unpaired) electrons. The van der Waals surface area contributed by atoms with Crippen LogP contribution in [0.2, 0.25) is 16.6 Å². The Bertz CT molecular complexity index is 941. The lowest BCUT2D eigenvalue weighted by Gasteiger charge is -2.44. The zero-order valence-electron chi connectivity index (χ0n) is 23.5. The first kappa shape index (κ1) is 28.3. The Kier molecular flexibility index (Phi) is 8.31. The number of rotatable bonds is 8. The van der Waals surface area contributed by atoms with E-state index in [-0.39, 0.29) is 5.78 Å². The van der Waals surface area contributed by atoms with Crippen LogP contribution >= 0.6 is 0 Å². The largest absolute Gasteiger partial charge is 0.497 e. The van der Waals surface area contributed by atoms with Crippen LogP contribution in [-0.4, -0.2) is 52.0 Å². The van der Waals surface area contributed by atoms with E-state index < -0.39 is 19.2 Å². The monoisotopic (exact) mass is 487 g/mol.